The average molecular weight is 385 g/mol. The van der Waals surface area contributed by atoms with Crippen LogP contribution in [-0.4, -0.2) is 26.7 Å². The lowest BCUT2D eigenvalue weighted by molar-refractivity contribution is 0.0826. The number of thiophene rings is 1. The van der Waals surface area contributed by atoms with Crippen LogP contribution in [0.4, 0.5) is 5.82 Å². The molecule has 0 aliphatic heterocycles. The summed E-state index contributed by atoms with van der Waals surface area (Å²) in [6.07, 6.45) is 6.52. The van der Waals surface area contributed by atoms with Gasteiger partial charge in [0.2, 0.25) is 0 Å². The summed E-state index contributed by atoms with van der Waals surface area (Å²) < 4.78 is 2.23. The Labute approximate surface area is 161 Å². The number of aliphatic hydroxyl groups is 1. The van der Waals surface area contributed by atoms with E-state index in [-0.39, 0.29) is 11.6 Å². The predicted octanol–water partition coefficient (Wildman–Crippen LogP) is 2.97. The smallest absolute Gasteiger partial charge is 0.273 e. The van der Waals surface area contributed by atoms with Gasteiger partial charge in [-0.2, -0.15) is 0 Å². The molecule has 3 aromatic heterocycles. The fraction of sp³-hybridized carbons (Fsp3) is 0.400. The molecule has 4 rings (SSSR count). The highest BCUT2D eigenvalue weighted by molar-refractivity contribution is 7.19. The number of rotatable bonds is 4. The maximum absolute atomic E-state index is 12.9. The Balaban J connectivity index is 1.62. The van der Waals surface area contributed by atoms with Crippen molar-refractivity contribution in [1.82, 2.24) is 9.55 Å². The predicted molar refractivity (Wildman–Crippen MR) is 110 cm³/mol. The zero-order valence-corrected chi connectivity index (χ0v) is 16.3. The van der Waals surface area contributed by atoms with Crippen LogP contribution in [0.15, 0.2) is 41.5 Å². The Morgan fingerprint density at radius 3 is 2.78 bits per heavy atom. The molecule has 2 atom stereocenters. The van der Waals surface area contributed by atoms with Crippen LogP contribution in [0.25, 0.3) is 15.8 Å². The molecule has 6 nitrogen and oxygen atoms in total. The lowest BCUT2D eigenvalue weighted by atomic mass is 10.1. The third kappa shape index (κ3) is 3.63. The van der Waals surface area contributed by atoms with Gasteiger partial charge in [0.15, 0.2) is 0 Å². The molecule has 0 saturated heterocycles. The number of hydrogen-bond donors (Lipinski definition) is 3. The van der Waals surface area contributed by atoms with Crippen LogP contribution in [-0.2, 0) is 5.60 Å². The minimum atomic E-state index is -0.960. The summed E-state index contributed by atoms with van der Waals surface area (Å²) in [5, 5.41) is 14.5. The standard InChI is InChI=1S/C20H24N4O2S/c1-20(2,26)16-9-12-7-8-24(19(25)18(12)27-16)15-5-6-17(22-11-15)23-14-4-3-13(21)10-14/h5-9,11,13-14,26H,3-4,10,21H2,1-2H3,(H,22,23)/t13-,14-/m0/s1. The fourth-order valence-corrected chi connectivity index (χ4v) is 4.59. The minimum absolute atomic E-state index is 0.0997. The molecule has 0 unspecified atom stereocenters. The van der Waals surface area contributed by atoms with Crippen LogP contribution in [0.1, 0.15) is 38.0 Å². The number of anilines is 1. The molecule has 0 amide bonds. The van der Waals surface area contributed by atoms with E-state index in [0.717, 1.165) is 35.3 Å². The van der Waals surface area contributed by atoms with Gasteiger partial charge in [0.25, 0.3) is 5.56 Å². The van der Waals surface area contributed by atoms with Gasteiger partial charge in [0, 0.05) is 23.2 Å². The van der Waals surface area contributed by atoms with Gasteiger partial charge in [-0.3, -0.25) is 9.36 Å². The van der Waals surface area contributed by atoms with Crippen molar-refractivity contribution in [3.05, 3.63) is 51.9 Å². The lowest BCUT2D eigenvalue weighted by Crippen LogP contribution is -2.21. The zero-order valence-electron chi connectivity index (χ0n) is 15.5. The van der Waals surface area contributed by atoms with E-state index in [1.54, 1.807) is 30.8 Å². The van der Waals surface area contributed by atoms with Crippen LogP contribution >= 0.6 is 11.3 Å². The van der Waals surface area contributed by atoms with Crippen LogP contribution in [0.5, 0.6) is 0 Å². The minimum Gasteiger partial charge on any atom is -0.385 e. The molecule has 1 fully saturated rings. The molecule has 0 radical (unpaired) electrons. The second-order valence-corrected chi connectivity index (χ2v) is 8.81. The largest absolute Gasteiger partial charge is 0.385 e. The van der Waals surface area contributed by atoms with Gasteiger partial charge >= 0.3 is 0 Å². The number of aromatic nitrogens is 2. The second kappa shape index (κ2) is 6.74. The number of fused-ring (bicyclic) bond motifs is 1. The summed E-state index contributed by atoms with van der Waals surface area (Å²) in [6.45, 7) is 3.45. The first-order valence-electron chi connectivity index (χ1n) is 9.18. The Bertz CT molecular complexity index is 1020. The lowest BCUT2D eigenvalue weighted by Gasteiger charge is -2.13. The molecule has 1 aliphatic rings. The van der Waals surface area contributed by atoms with Gasteiger partial charge in [0.1, 0.15) is 10.5 Å². The van der Waals surface area contributed by atoms with E-state index in [4.69, 9.17) is 5.73 Å². The third-order valence-electron chi connectivity index (χ3n) is 5.03. The van der Waals surface area contributed by atoms with E-state index in [0.29, 0.717) is 16.4 Å². The monoisotopic (exact) mass is 384 g/mol. The third-order valence-corrected chi connectivity index (χ3v) is 6.48. The SMILES string of the molecule is CC(C)(O)c1cc2ccn(-c3ccc(N[C@H]4CC[C@H](N)C4)nc3)c(=O)c2s1. The topological polar surface area (TPSA) is 93.2 Å². The highest BCUT2D eigenvalue weighted by atomic mass is 32.1. The van der Waals surface area contributed by atoms with Gasteiger partial charge in [-0.25, -0.2) is 4.98 Å². The van der Waals surface area contributed by atoms with Crippen molar-refractivity contribution in [3.63, 3.8) is 0 Å². The molecule has 142 valence electrons. The molecule has 0 bridgehead atoms. The van der Waals surface area contributed by atoms with Crippen molar-refractivity contribution in [2.24, 2.45) is 5.73 Å². The number of nitrogens with two attached hydrogens (primary N) is 1. The molecule has 1 aliphatic carbocycles. The molecule has 1 saturated carbocycles. The van der Waals surface area contributed by atoms with Crippen molar-refractivity contribution in [1.29, 1.82) is 0 Å². The van der Waals surface area contributed by atoms with Crippen LogP contribution in [0.3, 0.4) is 0 Å². The molecule has 3 aromatic rings. The van der Waals surface area contributed by atoms with E-state index >= 15 is 0 Å². The maximum Gasteiger partial charge on any atom is 0.273 e. The molecule has 4 N–H and O–H groups in total. The number of pyridine rings is 2. The summed E-state index contributed by atoms with van der Waals surface area (Å²) in [7, 11) is 0. The summed E-state index contributed by atoms with van der Waals surface area (Å²) in [4.78, 5) is 18.1. The zero-order chi connectivity index (χ0) is 19.2. The summed E-state index contributed by atoms with van der Waals surface area (Å²) in [6, 6.07) is 8.20. The Kier molecular flexibility index (Phi) is 4.53. The van der Waals surface area contributed by atoms with Crippen molar-refractivity contribution in [2.75, 3.05) is 5.32 Å². The Hall–Kier alpha value is -2.22. The molecule has 7 heteroatoms. The van der Waals surface area contributed by atoms with Gasteiger partial charge in [-0.05, 0) is 62.8 Å². The molecular formula is C20H24N4O2S. The second-order valence-electron chi connectivity index (χ2n) is 7.76. The number of hydrogen-bond acceptors (Lipinski definition) is 6. The van der Waals surface area contributed by atoms with E-state index < -0.39 is 5.60 Å². The van der Waals surface area contributed by atoms with E-state index in [1.807, 2.05) is 24.3 Å². The van der Waals surface area contributed by atoms with Crippen molar-refractivity contribution in [2.45, 2.75) is 50.8 Å². The summed E-state index contributed by atoms with van der Waals surface area (Å²) in [5.74, 6) is 0.799. The van der Waals surface area contributed by atoms with E-state index in [9.17, 15) is 9.90 Å². The highest BCUT2D eigenvalue weighted by Gasteiger charge is 2.22. The van der Waals surface area contributed by atoms with Crippen molar-refractivity contribution in [3.8, 4) is 5.69 Å². The first-order valence-corrected chi connectivity index (χ1v) is 9.99. The molecular weight excluding hydrogens is 360 g/mol. The molecule has 0 aromatic carbocycles. The highest BCUT2D eigenvalue weighted by Crippen LogP contribution is 2.31. The van der Waals surface area contributed by atoms with Crippen molar-refractivity contribution < 1.29 is 5.11 Å². The summed E-state index contributed by atoms with van der Waals surface area (Å²) in [5.41, 5.74) is 5.61. The molecule has 27 heavy (non-hydrogen) atoms. The van der Waals surface area contributed by atoms with Crippen LogP contribution in [0, 0.1) is 0 Å². The average Bonchev–Trinajstić information content (AvgIpc) is 3.23. The van der Waals surface area contributed by atoms with Crippen LogP contribution < -0.4 is 16.6 Å². The van der Waals surface area contributed by atoms with Gasteiger partial charge in [-0.15, -0.1) is 11.3 Å². The van der Waals surface area contributed by atoms with E-state index in [1.165, 1.54) is 11.3 Å². The maximum atomic E-state index is 12.9. The van der Waals surface area contributed by atoms with Gasteiger partial charge < -0.3 is 16.2 Å². The molecule has 0 spiro atoms. The normalized spacial score (nSPS) is 20.3. The van der Waals surface area contributed by atoms with Gasteiger partial charge in [0.05, 0.1) is 17.5 Å². The fourth-order valence-electron chi connectivity index (χ4n) is 3.50. The van der Waals surface area contributed by atoms with Crippen LogP contribution in [0.2, 0.25) is 0 Å². The summed E-state index contributed by atoms with van der Waals surface area (Å²) >= 11 is 1.34. The molecule has 3 heterocycles. The number of nitrogens with one attached hydrogen (secondary N) is 1. The van der Waals surface area contributed by atoms with Crippen molar-refractivity contribution >= 4 is 27.2 Å². The Morgan fingerprint density at radius 2 is 2.15 bits per heavy atom. The number of nitrogens with zero attached hydrogens (tertiary/aromatic N) is 2. The van der Waals surface area contributed by atoms with E-state index in [2.05, 4.69) is 10.3 Å². The first-order chi connectivity index (χ1) is 12.8. The Morgan fingerprint density at radius 1 is 1.33 bits per heavy atom. The quantitative estimate of drug-likeness (QED) is 0.643. The van der Waals surface area contributed by atoms with Gasteiger partial charge in [-0.1, -0.05) is 0 Å². The first kappa shape index (κ1) is 18.2.